The van der Waals surface area contributed by atoms with E-state index >= 15 is 0 Å². The number of nitrogens with zero attached hydrogens (tertiary/aromatic N) is 3. The van der Waals surface area contributed by atoms with Gasteiger partial charge in [0.05, 0.1) is 12.3 Å². The van der Waals surface area contributed by atoms with Gasteiger partial charge < -0.3 is 10.1 Å². The molecule has 0 saturated carbocycles. The first-order valence-electron chi connectivity index (χ1n) is 8.81. The zero-order valence-corrected chi connectivity index (χ0v) is 15.6. The number of ketones is 1. The lowest BCUT2D eigenvalue weighted by molar-refractivity contribution is -0.138. The Kier molecular flexibility index (Phi) is 5.96. The topological polar surface area (TPSA) is 86.1 Å². The summed E-state index contributed by atoms with van der Waals surface area (Å²) in [5, 5.41) is 7.40. The fourth-order valence-electron chi connectivity index (χ4n) is 2.57. The van der Waals surface area contributed by atoms with Gasteiger partial charge in [-0.1, -0.05) is 36.4 Å². The molecule has 0 aliphatic carbocycles. The number of carbonyl (C=O) groups is 2. The third-order valence-corrected chi connectivity index (χ3v) is 3.84. The highest BCUT2D eigenvalue weighted by molar-refractivity contribution is 6.24. The maximum Gasteiger partial charge on any atom is 0.343 e. The van der Waals surface area contributed by atoms with Crippen LogP contribution in [0.15, 0.2) is 72.6 Å². The molecule has 0 amide bonds. The fraction of sp³-hybridized carbons (Fsp3) is 0.143. The van der Waals surface area contributed by atoms with E-state index in [0.29, 0.717) is 17.2 Å². The smallest absolute Gasteiger partial charge is 0.343 e. The molecule has 7 heteroatoms. The first-order chi connectivity index (χ1) is 13.6. The number of carbonyl (C=O) groups excluding carboxylic acids is 2. The molecule has 0 bridgehead atoms. The summed E-state index contributed by atoms with van der Waals surface area (Å²) in [5.74, 6) is 0.0640. The molecule has 0 fully saturated rings. The van der Waals surface area contributed by atoms with Crippen molar-refractivity contribution in [3.8, 4) is 5.82 Å². The van der Waals surface area contributed by atoms with Crippen LogP contribution < -0.4 is 5.32 Å². The maximum absolute atomic E-state index is 12.8. The summed E-state index contributed by atoms with van der Waals surface area (Å²) in [7, 11) is 0. The highest BCUT2D eigenvalue weighted by Crippen LogP contribution is 2.17. The molecule has 1 aromatic carbocycles. The second-order valence-electron chi connectivity index (χ2n) is 5.89. The minimum absolute atomic E-state index is 0.0977. The SMILES string of the molecule is CCOC(=O)/C(=C\Nc1cc(C)nn1-c1ccccn1)C(=O)c1ccccc1. The van der Waals surface area contributed by atoms with Crippen LogP contribution in [0.5, 0.6) is 0 Å². The quantitative estimate of drug-likeness (QED) is 0.224. The summed E-state index contributed by atoms with van der Waals surface area (Å²) in [5.41, 5.74) is 1.06. The number of aromatic nitrogens is 3. The third kappa shape index (κ3) is 4.32. The normalized spacial score (nSPS) is 11.1. The standard InChI is InChI=1S/C21H20N4O3/c1-3-28-21(27)17(20(26)16-9-5-4-6-10-16)14-23-19-13-15(2)24-25(19)18-11-7-8-12-22-18/h4-14,23H,3H2,1-2H3/b17-14-. The van der Waals surface area contributed by atoms with Crippen molar-refractivity contribution in [1.29, 1.82) is 0 Å². The molecule has 0 radical (unpaired) electrons. The van der Waals surface area contributed by atoms with E-state index in [9.17, 15) is 9.59 Å². The Bertz CT molecular complexity index is 995. The van der Waals surface area contributed by atoms with Crippen molar-refractivity contribution in [3.05, 3.63) is 83.8 Å². The molecule has 0 aliphatic rings. The molecule has 142 valence electrons. The number of benzene rings is 1. The molecular weight excluding hydrogens is 356 g/mol. The minimum atomic E-state index is -0.690. The van der Waals surface area contributed by atoms with E-state index in [1.165, 1.54) is 6.20 Å². The molecule has 0 saturated heterocycles. The molecule has 2 heterocycles. The number of pyridine rings is 1. The first-order valence-corrected chi connectivity index (χ1v) is 8.81. The van der Waals surface area contributed by atoms with Gasteiger partial charge in [0.2, 0.25) is 5.78 Å². The molecule has 2 aromatic heterocycles. The third-order valence-electron chi connectivity index (χ3n) is 3.84. The van der Waals surface area contributed by atoms with Gasteiger partial charge in [0.25, 0.3) is 0 Å². The second-order valence-corrected chi connectivity index (χ2v) is 5.89. The molecule has 1 N–H and O–H groups in total. The Hall–Kier alpha value is -3.74. The number of anilines is 1. The summed E-state index contributed by atoms with van der Waals surface area (Å²) in [6.45, 7) is 3.70. The van der Waals surface area contributed by atoms with Crippen LogP contribution in [0.25, 0.3) is 5.82 Å². The van der Waals surface area contributed by atoms with E-state index in [4.69, 9.17) is 4.74 Å². The Balaban J connectivity index is 1.94. The van der Waals surface area contributed by atoms with Crippen LogP contribution in [-0.2, 0) is 9.53 Å². The van der Waals surface area contributed by atoms with E-state index < -0.39 is 11.8 Å². The second kappa shape index (κ2) is 8.77. The summed E-state index contributed by atoms with van der Waals surface area (Å²) in [6.07, 6.45) is 3.01. The Morgan fingerprint density at radius 1 is 1.14 bits per heavy atom. The highest BCUT2D eigenvalue weighted by Gasteiger charge is 2.21. The van der Waals surface area contributed by atoms with Gasteiger partial charge in [-0.25, -0.2) is 9.78 Å². The van der Waals surface area contributed by atoms with Gasteiger partial charge in [-0.2, -0.15) is 9.78 Å². The number of nitrogens with one attached hydrogen (secondary N) is 1. The lowest BCUT2D eigenvalue weighted by Crippen LogP contribution is -2.18. The Labute approximate surface area is 162 Å². The summed E-state index contributed by atoms with van der Waals surface area (Å²) in [4.78, 5) is 29.4. The van der Waals surface area contributed by atoms with Crippen LogP contribution >= 0.6 is 0 Å². The predicted molar refractivity (Wildman–Crippen MR) is 105 cm³/mol. The van der Waals surface area contributed by atoms with Gasteiger partial charge in [0.1, 0.15) is 11.4 Å². The molecular formula is C21H20N4O3. The van der Waals surface area contributed by atoms with E-state index in [-0.39, 0.29) is 12.2 Å². The molecule has 3 aromatic rings. The van der Waals surface area contributed by atoms with Crippen molar-refractivity contribution in [1.82, 2.24) is 14.8 Å². The molecule has 0 aliphatic heterocycles. The zero-order valence-electron chi connectivity index (χ0n) is 15.6. The predicted octanol–water partition coefficient (Wildman–Crippen LogP) is 3.32. The van der Waals surface area contributed by atoms with Crippen LogP contribution in [0.2, 0.25) is 0 Å². The van der Waals surface area contributed by atoms with Gasteiger partial charge in [0, 0.05) is 24.0 Å². The van der Waals surface area contributed by atoms with E-state index in [2.05, 4.69) is 15.4 Å². The Morgan fingerprint density at radius 3 is 2.57 bits per heavy atom. The first kappa shape index (κ1) is 19.0. The monoisotopic (exact) mass is 376 g/mol. The van der Waals surface area contributed by atoms with Gasteiger partial charge in [-0.05, 0) is 26.0 Å². The molecule has 0 unspecified atom stereocenters. The van der Waals surface area contributed by atoms with Crippen molar-refractivity contribution in [2.75, 3.05) is 11.9 Å². The van der Waals surface area contributed by atoms with Crippen LogP contribution in [0.3, 0.4) is 0 Å². The lowest BCUT2D eigenvalue weighted by Gasteiger charge is -2.09. The number of Topliss-reactive ketones (excluding diaryl/α,β-unsaturated/α-hetero) is 1. The van der Waals surface area contributed by atoms with E-state index in [1.807, 2.05) is 25.1 Å². The molecule has 7 nitrogen and oxygen atoms in total. The van der Waals surface area contributed by atoms with Crippen LogP contribution in [0.1, 0.15) is 23.0 Å². The molecule has 0 atom stereocenters. The zero-order chi connectivity index (χ0) is 19.9. The summed E-state index contributed by atoms with van der Waals surface area (Å²) >= 11 is 0. The lowest BCUT2D eigenvalue weighted by atomic mass is 10.0. The number of esters is 1. The van der Waals surface area contributed by atoms with Crippen molar-refractivity contribution >= 4 is 17.6 Å². The number of hydrogen-bond acceptors (Lipinski definition) is 6. The summed E-state index contributed by atoms with van der Waals surface area (Å²) in [6, 6.07) is 15.8. The average Bonchev–Trinajstić information content (AvgIpc) is 3.10. The van der Waals surface area contributed by atoms with Gasteiger partial charge >= 0.3 is 5.97 Å². The van der Waals surface area contributed by atoms with Crippen LogP contribution in [-0.4, -0.2) is 33.1 Å². The van der Waals surface area contributed by atoms with Crippen molar-refractivity contribution < 1.29 is 14.3 Å². The van der Waals surface area contributed by atoms with Crippen molar-refractivity contribution in [3.63, 3.8) is 0 Å². The van der Waals surface area contributed by atoms with Gasteiger partial charge in [-0.15, -0.1) is 0 Å². The number of hydrogen-bond donors (Lipinski definition) is 1. The average molecular weight is 376 g/mol. The highest BCUT2D eigenvalue weighted by atomic mass is 16.5. The van der Waals surface area contributed by atoms with E-state index in [1.54, 1.807) is 54.2 Å². The summed E-state index contributed by atoms with van der Waals surface area (Å²) < 4.78 is 6.65. The van der Waals surface area contributed by atoms with Crippen molar-refractivity contribution in [2.45, 2.75) is 13.8 Å². The molecule has 28 heavy (non-hydrogen) atoms. The maximum atomic E-state index is 12.8. The molecule has 0 spiro atoms. The van der Waals surface area contributed by atoms with Crippen LogP contribution in [0, 0.1) is 6.92 Å². The number of rotatable bonds is 7. The van der Waals surface area contributed by atoms with Crippen molar-refractivity contribution in [2.24, 2.45) is 0 Å². The van der Waals surface area contributed by atoms with Gasteiger partial charge in [-0.3, -0.25) is 4.79 Å². The Morgan fingerprint density at radius 2 is 1.89 bits per heavy atom. The minimum Gasteiger partial charge on any atom is -0.462 e. The number of aryl methyl sites for hydroxylation is 1. The largest absolute Gasteiger partial charge is 0.462 e. The van der Waals surface area contributed by atoms with Crippen LogP contribution in [0.4, 0.5) is 5.82 Å². The van der Waals surface area contributed by atoms with Gasteiger partial charge in [0.15, 0.2) is 5.82 Å². The fourth-order valence-corrected chi connectivity index (χ4v) is 2.57. The number of ether oxygens (including phenoxy) is 1. The van der Waals surface area contributed by atoms with E-state index in [0.717, 1.165) is 5.69 Å². The molecule has 3 rings (SSSR count).